The molecule has 3 rings (SSSR count). The van der Waals surface area contributed by atoms with E-state index in [2.05, 4.69) is 32.6 Å². The van der Waals surface area contributed by atoms with E-state index in [1.54, 1.807) is 18.2 Å². The fourth-order valence-corrected chi connectivity index (χ4v) is 2.37. The van der Waals surface area contributed by atoms with Gasteiger partial charge in [0, 0.05) is 22.9 Å². The number of pyridine rings is 1. The van der Waals surface area contributed by atoms with Gasteiger partial charge >= 0.3 is 0 Å². The number of hydrogen-bond acceptors (Lipinski definition) is 4. The number of aromatic nitrogens is 1. The lowest BCUT2D eigenvalue weighted by atomic mass is 10.1. The molecule has 2 aromatic carbocycles. The molecule has 0 bridgehead atoms. The molecule has 0 aliphatic heterocycles. The van der Waals surface area contributed by atoms with E-state index < -0.39 is 0 Å². The van der Waals surface area contributed by atoms with Crippen LogP contribution in [0.3, 0.4) is 0 Å². The van der Waals surface area contributed by atoms with Crippen molar-refractivity contribution in [1.82, 2.24) is 4.98 Å². The molecule has 6 nitrogen and oxygen atoms in total. The number of nitrogen functional groups attached to an aromatic ring is 1. The first kappa shape index (κ1) is 18.7. The summed E-state index contributed by atoms with van der Waals surface area (Å²) < 4.78 is 13.0. The Labute approximate surface area is 161 Å². The molecule has 4 N–H and O–H groups in total. The van der Waals surface area contributed by atoms with Crippen LogP contribution in [0, 0.1) is 30.0 Å². The van der Waals surface area contributed by atoms with Crippen LogP contribution in [-0.2, 0) is 0 Å². The molecule has 138 valence electrons. The van der Waals surface area contributed by atoms with E-state index in [0.29, 0.717) is 22.6 Å². The van der Waals surface area contributed by atoms with Gasteiger partial charge in [-0.15, -0.1) is 5.11 Å². The Bertz CT molecular complexity index is 1090. The first-order valence-electron chi connectivity index (χ1n) is 8.37. The van der Waals surface area contributed by atoms with Crippen molar-refractivity contribution in [2.24, 2.45) is 16.1 Å². The van der Waals surface area contributed by atoms with Crippen LogP contribution in [0.15, 0.2) is 71.1 Å². The largest absolute Gasteiger partial charge is 0.384 e. The van der Waals surface area contributed by atoms with Gasteiger partial charge in [-0.25, -0.2) is 9.37 Å². The minimum atomic E-state index is -0.298. The second-order valence-electron chi connectivity index (χ2n) is 5.89. The Kier molecular flexibility index (Phi) is 5.72. The molecular weight excluding hydrogens is 355 g/mol. The lowest BCUT2D eigenvalue weighted by Gasteiger charge is -2.04. The number of nitrogens with zero attached hydrogens (tertiary/aromatic N) is 3. The molecule has 0 spiro atoms. The third-order valence-electron chi connectivity index (χ3n) is 3.82. The Morgan fingerprint density at radius 3 is 2.61 bits per heavy atom. The van der Waals surface area contributed by atoms with Gasteiger partial charge in [-0.1, -0.05) is 29.2 Å². The van der Waals surface area contributed by atoms with E-state index in [4.69, 9.17) is 11.1 Å². The maximum Gasteiger partial charge on any atom is 0.176 e. The minimum Gasteiger partial charge on any atom is -0.384 e. The quantitative estimate of drug-likeness (QED) is 0.209. The van der Waals surface area contributed by atoms with E-state index in [-0.39, 0.29) is 11.7 Å². The molecule has 0 unspecified atom stereocenters. The van der Waals surface area contributed by atoms with Crippen molar-refractivity contribution in [3.63, 3.8) is 0 Å². The summed E-state index contributed by atoms with van der Waals surface area (Å²) in [5, 5.41) is 15.5. The first-order valence-corrected chi connectivity index (χ1v) is 8.37. The lowest BCUT2D eigenvalue weighted by molar-refractivity contribution is 0.627. The summed E-state index contributed by atoms with van der Waals surface area (Å²) >= 11 is 0. The van der Waals surface area contributed by atoms with Gasteiger partial charge in [-0.05, 0) is 55.0 Å². The normalized spacial score (nSPS) is 10.4. The highest BCUT2D eigenvalue weighted by atomic mass is 19.1. The molecule has 0 atom stereocenters. The monoisotopic (exact) mass is 372 g/mol. The molecular formula is C21H17FN6. The zero-order valence-corrected chi connectivity index (χ0v) is 15.1. The van der Waals surface area contributed by atoms with Gasteiger partial charge in [0.25, 0.3) is 0 Å². The van der Waals surface area contributed by atoms with Gasteiger partial charge < -0.3 is 5.73 Å². The maximum atomic E-state index is 13.0. The fraction of sp³-hybridized carbons (Fsp3) is 0.0476. The van der Waals surface area contributed by atoms with Crippen molar-refractivity contribution in [2.45, 2.75) is 6.92 Å². The number of para-hydroxylation sites is 1. The molecule has 0 saturated heterocycles. The van der Waals surface area contributed by atoms with Crippen molar-refractivity contribution in [3.8, 4) is 11.8 Å². The summed E-state index contributed by atoms with van der Waals surface area (Å²) in [6.45, 7) is 1.82. The molecule has 0 fully saturated rings. The van der Waals surface area contributed by atoms with Crippen LogP contribution in [0.1, 0.15) is 22.3 Å². The minimum absolute atomic E-state index is 0.0414. The average Bonchev–Trinajstić information content (AvgIpc) is 2.68. The van der Waals surface area contributed by atoms with Gasteiger partial charge in [-0.3, -0.25) is 10.8 Å². The van der Waals surface area contributed by atoms with Crippen LogP contribution in [0.4, 0.5) is 15.9 Å². The van der Waals surface area contributed by atoms with Gasteiger partial charge in [0.1, 0.15) is 11.7 Å². The molecule has 0 radical (unpaired) electrons. The molecule has 1 aromatic heterocycles. The molecule has 0 aliphatic rings. The Hall–Kier alpha value is -4.05. The number of nitrogens with one attached hydrogen (secondary N) is 2. The summed E-state index contributed by atoms with van der Waals surface area (Å²) in [4.78, 5) is 4.12. The summed E-state index contributed by atoms with van der Waals surface area (Å²) in [6, 6.07) is 15.1. The van der Waals surface area contributed by atoms with Crippen molar-refractivity contribution in [1.29, 1.82) is 5.41 Å². The average molecular weight is 372 g/mol. The summed E-state index contributed by atoms with van der Waals surface area (Å²) in [6.07, 6.45) is 1.49. The SMILES string of the molecule is Cc1cc(N=NNc2ccccc2C#Cc2ccc(F)cc2)ncc1C(=N)N. The maximum absolute atomic E-state index is 13.0. The zero-order valence-electron chi connectivity index (χ0n) is 15.1. The van der Waals surface area contributed by atoms with Crippen molar-refractivity contribution in [2.75, 3.05) is 5.43 Å². The number of anilines is 1. The van der Waals surface area contributed by atoms with Gasteiger partial charge in [-0.2, -0.15) is 0 Å². The first-order chi connectivity index (χ1) is 13.5. The topological polar surface area (TPSA) is 99.5 Å². The van der Waals surface area contributed by atoms with Crippen LogP contribution in [0.2, 0.25) is 0 Å². The highest BCUT2D eigenvalue weighted by Gasteiger charge is 2.03. The second-order valence-corrected chi connectivity index (χ2v) is 5.89. The molecule has 7 heteroatoms. The Morgan fingerprint density at radius 1 is 1.14 bits per heavy atom. The molecule has 28 heavy (non-hydrogen) atoms. The van der Waals surface area contributed by atoms with Crippen LogP contribution in [0.25, 0.3) is 0 Å². The Morgan fingerprint density at radius 2 is 1.89 bits per heavy atom. The second kappa shape index (κ2) is 8.56. The van der Waals surface area contributed by atoms with Crippen LogP contribution in [-0.4, -0.2) is 10.8 Å². The standard InChI is InChI=1S/C21H17FN6/c1-14-12-20(25-13-18(14)21(23)24)27-28-26-19-5-3-2-4-16(19)9-6-15-7-10-17(22)11-8-15/h2-5,7-8,10-13H,1H3,(H3,23,24)(H,25,26,27). The van der Waals surface area contributed by atoms with Gasteiger partial charge in [0.2, 0.25) is 0 Å². The number of benzene rings is 2. The molecule has 0 amide bonds. The summed E-state index contributed by atoms with van der Waals surface area (Å²) in [7, 11) is 0. The summed E-state index contributed by atoms with van der Waals surface area (Å²) in [5.74, 6) is 6.08. The van der Waals surface area contributed by atoms with Crippen LogP contribution in [0.5, 0.6) is 0 Å². The zero-order chi connectivity index (χ0) is 19.9. The van der Waals surface area contributed by atoms with Crippen LogP contribution >= 0.6 is 0 Å². The van der Waals surface area contributed by atoms with E-state index in [1.807, 2.05) is 31.2 Å². The third kappa shape index (κ3) is 4.77. The van der Waals surface area contributed by atoms with Gasteiger partial charge in [0.15, 0.2) is 5.82 Å². The number of halogens is 1. The van der Waals surface area contributed by atoms with E-state index >= 15 is 0 Å². The highest BCUT2D eigenvalue weighted by Crippen LogP contribution is 2.17. The smallest absolute Gasteiger partial charge is 0.176 e. The molecule has 3 aromatic rings. The van der Waals surface area contributed by atoms with Crippen molar-refractivity contribution >= 4 is 17.3 Å². The summed E-state index contributed by atoms with van der Waals surface area (Å²) in [5.41, 5.74) is 11.8. The number of nitrogens with two attached hydrogens (primary N) is 1. The van der Waals surface area contributed by atoms with Crippen molar-refractivity contribution < 1.29 is 4.39 Å². The van der Waals surface area contributed by atoms with Crippen molar-refractivity contribution in [3.05, 3.63) is 88.9 Å². The lowest BCUT2D eigenvalue weighted by Crippen LogP contribution is -2.12. The predicted molar refractivity (Wildman–Crippen MR) is 107 cm³/mol. The van der Waals surface area contributed by atoms with E-state index in [9.17, 15) is 4.39 Å². The molecule has 1 heterocycles. The highest BCUT2D eigenvalue weighted by molar-refractivity contribution is 5.96. The fourth-order valence-electron chi connectivity index (χ4n) is 2.37. The van der Waals surface area contributed by atoms with E-state index in [0.717, 1.165) is 11.1 Å². The Balaban J connectivity index is 1.75. The molecule has 0 aliphatic carbocycles. The number of aryl methyl sites for hydroxylation is 1. The van der Waals surface area contributed by atoms with Gasteiger partial charge in [0.05, 0.1) is 5.69 Å². The number of hydrogen-bond donors (Lipinski definition) is 3. The van der Waals surface area contributed by atoms with E-state index in [1.165, 1.54) is 18.3 Å². The number of amidine groups is 1. The third-order valence-corrected chi connectivity index (χ3v) is 3.82. The predicted octanol–water partition coefficient (Wildman–Crippen LogP) is 4.32. The molecule has 0 saturated carbocycles. The number of rotatable bonds is 4. The van der Waals surface area contributed by atoms with Crippen LogP contribution < -0.4 is 11.2 Å².